The summed E-state index contributed by atoms with van der Waals surface area (Å²) in [6, 6.07) is 0. The van der Waals surface area contributed by atoms with Gasteiger partial charge in [-0.2, -0.15) is 0 Å². The molecule has 1 aliphatic heterocycles. The number of ether oxygens (including phenoxy) is 1. The fourth-order valence-electron chi connectivity index (χ4n) is 2.30. The maximum atomic E-state index is 10.7. The topological polar surface area (TPSA) is 31.2 Å². The van der Waals surface area contributed by atoms with E-state index in [9.17, 15) is 4.79 Å². The molecule has 0 amide bonds. The molecule has 0 radical (unpaired) electrons. The highest BCUT2D eigenvalue weighted by Gasteiger charge is 2.35. The molecule has 1 aliphatic rings. The number of rotatable bonds is 3. The average molecular weight is 311 g/mol. The normalized spacial score (nSPS) is 18.9. The second-order valence-electron chi connectivity index (χ2n) is 4.69. The molecule has 0 spiro atoms. The zero-order chi connectivity index (χ0) is 13.3. The third-order valence-corrected chi connectivity index (χ3v) is 4.74. The zero-order valence-corrected chi connectivity index (χ0v) is 12.3. The second-order valence-corrected chi connectivity index (χ2v) is 5.78. The lowest BCUT2D eigenvalue weighted by Gasteiger charge is -2.36. The highest BCUT2D eigenvalue weighted by Crippen LogP contribution is 2.42. The van der Waals surface area contributed by atoms with Crippen LogP contribution in [0.5, 0.6) is 0 Å². The van der Waals surface area contributed by atoms with E-state index in [1.165, 1.54) is 0 Å². The summed E-state index contributed by atoms with van der Waals surface area (Å²) >= 11 is 18.8. The molecule has 6 heteroatoms. The summed E-state index contributed by atoms with van der Waals surface area (Å²) in [4.78, 5) is 10.7. The molecular formula is C12H14Cl3NO2. The predicted molar refractivity (Wildman–Crippen MR) is 72.9 cm³/mol. The highest BCUT2D eigenvalue weighted by atomic mass is 35.5. The van der Waals surface area contributed by atoms with Gasteiger partial charge in [0.05, 0.1) is 5.02 Å². The lowest BCUT2D eigenvalue weighted by Crippen LogP contribution is -2.36. The van der Waals surface area contributed by atoms with E-state index in [-0.39, 0.29) is 12.0 Å². The summed E-state index contributed by atoms with van der Waals surface area (Å²) in [6.07, 6.45) is 2.59. The Morgan fingerprint density at radius 2 is 1.89 bits per heavy atom. The first-order valence-corrected chi connectivity index (χ1v) is 6.90. The van der Waals surface area contributed by atoms with Crippen LogP contribution in [0.1, 0.15) is 25.3 Å². The van der Waals surface area contributed by atoms with Crippen molar-refractivity contribution in [2.24, 2.45) is 0 Å². The molecule has 100 valence electrons. The molecule has 1 saturated heterocycles. The Kier molecular flexibility index (Phi) is 4.27. The van der Waals surface area contributed by atoms with Crippen molar-refractivity contribution in [3.63, 3.8) is 0 Å². The summed E-state index contributed by atoms with van der Waals surface area (Å²) in [7, 11) is 0. The third kappa shape index (κ3) is 2.29. The van der Waals surface area contributed by atoms with E-state index >= 15 is 0 Å². The van der Waals surface area contributed by atoms with Gasteiger partial charge in [-0.15, -0.1) is 0 Å². The molecule has 0 unspecified atom stereocenters. The Bertz CT molecular complexity index is 464. The van der Waals surface area contributed by atoms with Gasteiger partial charge in [0.2, 0.25) is 0 Å². The van der Waals surface area contributed by atoms with Crippen molar-refractivity contribution < 1.29 is 9.53 Å². The number of hydrogen-bond acceptors (Lipinski definition) is 2. The number of carbonyl (C=O) groups is 1. The van der Waals surface area contributed by atoms with Crippen LogP contribution in [0.4, 0.5) is 0 Å². The van der Waals surface area contributed by atoms with E-state index in [4.69, 9.17) is 39.5 Å². The SMILES string of the molecule is CC1(n2c(Cl)c(Cl)c(CC=O)c2Cl)CCOCC1. The predicted octanol–water partition coefficient (Wildman–Crippen LogP) is 3.72. The molecular weight excluding hydrogens is 296 g/mol. The molecule has 1 fully saturated rings. The molecule has 0 bridgehead atoms. The van der Waals surface area contributed by atoms with Gasteiger partial charge in [-0.05, 0) is 19.8 Å². The van der Waals surface area contributed by atoms with Crippen molar-refractivity contribution in [3.8, 4) is 0 Å². The van der Waals surface area contributed by atoms with Crippen LogP contribution in [0.25, 0.3) is 0 Å². The Hall–Kier alpha value is -0.220. The molecule has 3 nitrogen and oxygen atoms in total. The van der Waals surface area contributed by atoms with Crippen LogP contribution < -0.4 is 0 Å². The van der Waals surface area contributed by atoms with Crippen molar-refractivity contribution in [1.29, 1.82) is 0 Å². The minimum atomic E-state index is -0.211. The maximum absolute atomic E-state index is 10.7. The molecule has 0 aliphatic carbocycles. The minimum absolute atomic E-state index is 0.178. The fraction of sp³-hybridized carbons (Fsp3) is 0.583. The van der Waals surface area contributed by atoms with E-state index in [0.29, 0.717) is 34.1 Å². The monoisotopic (exact) mass is 309 g/mol. The third-order valence-electron chi connectivity index (χ3n) is 3.48. The molecule has 1 aromatic heterocycles. The van der Waals surface area contributed by atoms with Crippen molar-refractivity contribution in [2.75, 3.05) is 13.2 Å². The molecule has 1 aromatic rings. The van der Waals surface area contributed by atoms with Crippen LogP contribution >= 0.6 is 34.8 Å². The fourth-order valence-corrected chi connectivity index (χ4v) is 3.51. The van der Waals surface area contributed by atoms with Crippen molar-refractivity contribution >= 4 is 41.1 Å². The van der Waals surface area contributed by atoms with E-state index in [1.807, 2.05) is 4.57 Å². The summed E-state index contributed by atoms with van der Waals surface area (Å²) < 4.78 is 7.20. The van der Waals surface area contributed by atoms with Gasteiger partial charge in [0.25, 0.3) is 0 Å². The van der Waals surface area contributed by atoms with Gasteiger partial charge in [-0.25, -0.2) is 0 Å². The van der Waals surface area contributed by atoms with Gasteiger partial charge in [0.15, 0.2) is 0 Å². The Balaban J connectivity index is 2.50. The van der Waals surface area contributed by atoms with Crippen LogP contribution in [-0.4, -0.2) is 24.1 Å². The molecule has 2 heterocycles. The average Bonchev–Trinajstić information content (AvgIpc) is 2.55. The standard InChI is InChI=1S/C12H14Cl3NO2/c1-12(3-6-18-7-4-12)16-10(14)8(2-5-17)9(13)11(16)15/h5H,2-4,6-7H2,1H3. The largest absolute Gasteiger partial charge is 0.381 e. The molecule has 18 heavy (non-hydrogen) atoms. The maximum Gasteiger partial charge on any atom is 0.129 e. The van der Waals surface area contributed by atoms with Crippen LogP contribution in [0, 0.1) is 0 Å². The molecule has 2 rings (SSSR count). The number of aromatic nitrogens is 1. The van der Waals surface area contributed by atoms with Crippen LogP contribution in [-0.2, 0) is 21.5 Å². The van der Waals surface area contributed by atoms with Crippen molar-refractivity contribution in [1.82, 2.24) is 4.57 Å². The van der Waals surface area contributed by atoms with Crippen molar-refractivity contribution in [2.45, 2.75) is 31.7 Å². The van der Waals surface area contributed by atoms with E-state index in [1.54, 1.807) is 0 Å². The second kappa shape index (κ2) is 5.41. The van der Waals surface area contributed by atoms with Gasteiger partial charge < -0.3 is 14.1 Å². The molecule has 0 N–H and O–H groups in total. The van der Waals surface area contributed by atoms with E-state index < -0.39 is 0 Å². The molecule has 0 aromatic carbocycles. The van der Waals surface area contributed by atoms with Gasteiger partial charge >= 0.3 is 0 Å². The van der Waals surface area contributed by atoms with Gasteiger partial charge in [-0.3, -0.25) is 0 Å². The highest BCUT2D eigenvalue weighted by molar-refractivity contribution is 6.44. The first-order valence-electron chi connectivity index (χ1n) is 5.77. The van der Waals surface area contributed by atoms with E-state index in [2.05, 4.69) is 6.92 Å². The lowest BCUT2D eigenvalue weighted by atomic mass is 9.92. The smallest absolute Gasteiger partial charge is 0.129 e. The van der Waals surface area contributed by atoms with Gasteiger partial charge in [0, 0.05) is 30.7 Å². The summed E-state index contributed by atoms with van der Waals surface area (Å²) in [5, 5.41) is 1.24. The summed E-state index contributed by atoms with van der Waals surface area (Å²) in [6.45, 7) is 3.41. The quantitative estimate of drug-likeness (QED) is 0.797. The molecule has 0 saturated carbocycles. The Morgan fingerprint density at radius 3 is 2.44 bits per heavy atom. The number of hydrogen-bond donors (Lipinski definition) is 0. The Morgan fingerprint density at radius 1 is 1.28 bits per heavy atom. The summed E-state index contributed by atoms with van der Waals surface area (Å²) in [5.41, 5.74) is 0.392. The zero-order valence-electron chi connectivity index (χ0n) is 10.0. The van der Waals surface area contributed by atoms with Crippen LogP contribution in [0.3, 0.4) is 0 Å². The van der Waals surface area contributed by atoms with Gasteiger partial charge in [-0.1, -0.05) is 34.8 Å². The Labute approximate surface area is 121 Å². The molecule has 0 atom stereocenters. The van der Waals surface area contributed by atoms with Crippen LogP contribution in [0.2, 0.25) is 15.3 Å². The number of aldehydes is 1. The van der Waals surface area contributed by atoms with Crippen LogP contribution in [0.15, 0.2) is 0 Å². The first kappa shape index (κ1) is 14.2. The summed E-state index contributed by atoms with van der Waals surface area (Å²) in [5.74, 6) is 0. The minimum Gasteiger partial charge on any atom is -0.381 e. The number of nitrogens with zero attached hydrogens (tertiary/aromatic N) is 1. The number of carbonyl (C=O) groups excluding carboxylic acids is 1. The van der Waals surface area contributed by atoms with Crippen molar-refractivity contribution in [3.05, 3.63) is 20.9 Å². The van der Waals surface area contributed by atoms with Gasteiger partial charge in [0.1, 0.15) is 16.6 Å². The number of halogens is 3. The lowest BCUT2D eigenvalue weighted by molar-refractivity contribution is -0.107. The first-order chi connectivity index (χ1) is 8.51. The van der Waals surface area contributed by atoms with E-state index in [0.717, 1.165) is 19.1 Å².